The Bertz CT molecular complexity index is 1340. The standard InChI is InChI=1S/C24H20ClN3O3S/c1-15-11-17(23(25)29)12-16-13-18(14-27-22(15)16)31-21-7-9-26-24-20(21)8-10-28(24)32(30)19-5-3-2-4-6-19/h2-10,13-15,17H,11-12H2,1H3. The van der Waals surface area contributed by atoms with Gasteiger partial charge >= 0.3 is 0 Å². The van der Waals surface area contributed by atoms with E-state index in [2.05, 4.69) is 16.9 Å². The smallest absolute Gasteiger partial charge is 0.225 e. The van der Waals surface area contributed by atoms with Crippen LogP contribution >= 0.6 is 11.6 Å². The van der Waals surface area contributed by atoms with E-state index in [0.29, 0.717) is 34.9 Å². The molecule has 162 valence electrons. The van der Waals surface area contributed by atoms with Gasteiger partial charge in [-0.05, 0) is 66.3 Å². The van der Waals surface area contributed by atoms with Crippen LogP contribution in [0, 0.1) is 5.92 Å². The average Bonchev–Trinajstić information content (AvgIpc) is 3.24. The summed E-state index contributed by atoms with van der Waals surface area (Å²) in [5.41, 5.74) is 2.53. The molecule has 0 N–H and O–H groups in total. The van der Waals surface area contributed by atoms with Crippen molar-refractivity contribution in [2.24, 2.45) is 5.92 Å². The molecule has 3 heterocycles. The molecular formula is C24H20ClN3O3S. The van der Waals surface area contributed by atoms with Gasteiger partial charge in [0.05, 0.1) is 16.5 Å². The highest BCUT2D eigenvalue weighted by atomic mass is 35.5. The van der Waals surface area contributed by atoms with Crippen LogP contribution in [0.4, 0.5) is 0 Å². The maximum absolute atomic E-state index is 13.0. The number of pyridine rings is 2. The molecule has 3 atom stereocenters. The predicted molar refractivity (Wildman–Crippen MR) is 123 cm³/mol. The number of ether oxygens (including phenoxy) is 1. The normalized spacial score (nSPS) is 18.8. The molecule has 0 fully saturated rings. The number of carbonyl (C=O) groups is 1. The number of nitrogens with zero attached hydrogens (tertiary/aromatic N) is 3. The van der Waals surface area contributed by atoms with Crippen LogP contribution in [0.3, 0.4) is 0 Å². The van der Waals surface area contributed by atoms with E-state index in [4.69, 9.17) is 16.3 Å². The van der Waals surface area contributed by atoms with E-state index < -0.39 is 11.0 Å². The Hall–Kier alpha value is -3.03. The first-order valence-electron chi connectivity index (χ1n) is 10.3. The van der Waals surface area contributed by atoms with Crippen molar-refractivity contribution in [3.63, 3.8) is 0 Å². The molecule has 32 heavy (non-hydrogen) atoms. The Morgan fingerprint density at radius 3 is 2.78 bits per heavy atom. The van der Waals surface area contributed by atoms with Crippen molar-refractivity contribution in [2.45, 2.75) is 30.6 Å². The van der Waals surface area contributed by atoms with Gasteiger partial charge in [0, 0.05) is 24.0 Å². The summed E-state index contributed by atoms with van der Waals surface area (Å²) in [6.07, 6.45) is 6.34. The minimum Gasteiger partial charge on any atom is -0.455 e. The van der Waals surface area contributed by atoms with Crippen molar-refractivity contribution in [2.75, 3.05) is 0 Å². The van der Waals surface area contributed by atoms with E-state index in [1.807, 2.05) is 42.5 Å². The molecule has 0 radical (unpaired) electrons. The fourth-order valence-corrected chi connectivity index (χ4v) is 5.47. The zero-order valence-corrected chi connectivity index (χ0v) is 18.8. The molecule has 3 aromatic heterocycles. The average molecular weight is 466 g/mol. The third-order valence-corrected chi connectivity index (χ3v) is 7.37. The lowest BCUT2D eigenvalue weighted by Crippen LogP contribution is -2.22. The SMILES string of the molecule is CC1CC(C(=O)Cl)Cc2cc(Oc3ccnc4c3ccn4S(=O)c3ccccc3)cnc21. The van der Waals surface area contributed by atoms with E-state index in [9.17, 15) is 9.00 Å². The minimum absolute atomic E-state index is 0.162. The molecule has 1 aliphatic rings. The Morgan fingerprint density at radius 2 is 2.00 bits per heavy atom. The van der Waals surface area contributed by atoms with Gasteiger partial charge in [-0.2, -0.15) is 0 Å². The summed E-state index contributed by atoms with van der Waals surface area (Å²) in [7, 11) is -1.42. The molecule has 1 aromatic carbocycles. The predicted octanol–water partition coefficient (Wildman–Crippen LogP) is 5.23. The van der Waals surface area contributed by atoms with Gasteiger partial charge in [0.1, 0.15) is 11.5 Å². The number of rotatable bonds is 5. The number of carbonyl (C=O) groups excluding carboxylic acids is 1. The second kappa shape index (κ2) is 8.48. The van der Waals surface area contributed by atoms with Crippen LogP contribution in [0.25, 0.3) is 11.0 Å². The molecule has 8 heteroatoms. The van der Waals surface area contributed by atoms with E-state index in [-0.39, 0.29) is 17.1 Å². The van der Waals surface area contributed by atoms with Gasteiger partial charge in [0.2, 0.25) is 5.24 Å². The summed E-state index contributed by atoms with van der Waals surface area (Å²) in [5.74, 6) is 1.12. The monoisotopic (exact) mass is 465 g/mol. The summed E-state index contributed by atoms with van der Waals surface area (Å²) in [6, 6.07) is 14.8. The lowest BCUT2D eigenvalue weighted by atomic mass is 9.81. The summed E-state index contributed by atoms with van der Waals surface area (Å²) in [4.78, 5) is 21.4. The van der Waals surface area contributed by atoms with Crippen LogP contribution in [-0.4, -0.2) is 23.4 Å². The molecule has 0 saturated carbocycles. The quantitative estimate of drug-likeness (QED) is 0.377. The zero-order chi connectivity index (χ0) is 22.2. The third kappa shape index (κ3) is 3.82. The Balaban J connectivity index is 1.47. The number of hydrogen-bond donors (Lipinski definition) is 0. The van der Waals surface area contributed by atoms with Crippen LogP contribution < -0.4 is 4.74 Å². The van der Waals surface area contributed by atoms with Crippen LogP contribution in [0.5, 0.6) is 11.5 Å². The third-order valence-electron chi connectivity index (χ3n) is 5.73. The van der Waals surface area contributed by atoms with Gasteiger partial charge in [0.25, 0.3) is 0 Å². The van der Waals surface area contributed by atoms with Crippen LogP contribution in [0.2, 0.25) is 0 Å². The van der Waals surface area contributed by atoms with Gasteiger partial charge < -0.3 is 4.74 Å². The maximum Gasteiger partial charge on any atom is 0.225 e. The van der Waals surface area contributed by atoms with Crippen LogP contribution in [0.15, 0.2) is 72.0 Å². The second-order valence-corrected chi connectivity index (χ2v) is 9.65. The number of halogens is 1. The van der Waals surface area contributed by atoms with Gasteiger partial charge in [-0.1, -0.05) is 25.1 Å². The van der Waals surface area contributed by atoms with Gasteiger partial charge in [0.15, 0.2) is 16.6 Å². The Kier molecular flexibility index (Phi) is 5.53. The number of benzene rings is 1. The second-order valence-electron chi connectivity index (χ2n) is 7.91. The highest BCUT2D eigenvalue weighted by Gasteiger charge is 2.29. The van der Waals surface area contributed by atoms with Crippen molar-refractivity contribution >= 4 is 38.9 Å². The lowest BCUT2D eigenvalue weighted by molar-refractivity contribution is -0.115. The molecule has 6 nitrogen and oxygen atoms in total. The topological polar surface area (TPSA) is 74.1 Å². The van der Waals surface area contributed by atoms with Crippen molar-refractivity contribution in [3.05, 3.63) is 78.4 Å². The molecular weight excluding hydrogens is 446 g/mol. The van der Waals surface area contributed by atoms with Crippen molar-refractivity contribution in [1.82, 2.24) is 13.9 Å². The first-order valence-corrected chi connectivity index (χ1v) is 11.8. The van der Waals surface area contributed by atoms with Crippen molar-refractivity contribution in [3.8, 4) is 11.5 Å². The minimum atomic E-state index is -1.42. The fourth-order valence-electron chi connectivity index (χ4n) is 4.21. The summed E-state index contributed by atoms with van der Waals surface area (Å²) < 4.78 is 20.8. The molecule has 0 bridgehead atoms. The van der Waals surface area contributed by atoms with E-state index in [0.717, 1.165) is 16.6 Å². The van der Waals surface area contributed by atoms with E-state index in [1.165, 1.54) is 0 Å². The molecule has 0 saturated heterocycles. The first kappa shape index (κ1) is 20.8. The first-order chi connectivity index (χ1) is 15.5. The Morgan fingerprint density at radius 1 is 1.19 bits per heavy atom. The van der Waals surface area contributed by atoms with E-state index >= 15 is 0 Å². The molecule has 0 amide bonds. The van der Waals surface area contributed by atoms with Gasteiger partial charge in [-0.15, -0.1) is 0 Å². The summed E-state index contributed by atoms with van der Waals surface area (Å²) in [5, 5.41) is 0.439. The lowest BCUT2D eigenvalue weighted by Gasteiger charge is -2.26. The maximum atomic E-state index is 13.0. The summed E-state index contributed by atoms with van der Waals surface area (Å²) in [6.45, 7) is 2.06. The molecule has 1 aliphatic carbocycles. The van der Waals surface area contributed by atoms with Crippen LogP contribution in [0.1, 0.15) is 30.5 Å². The van der Waals surface area contributed by atoms with Gasteiger partial charge in [-0.25, -0.2) is 13.2 Å². The zero-order valence-electron chi connectivity index (χ0n) is 17.3. The molecule has 0 spiro atoms. The molecule has 4 aromatic rings. The summed E-state index contributed by atoms with van der Waals surface area (Å²) >= 11 is 5.77. The van der Waals surface area contributed by atoms with E-state index in [1.54, 1.807) is 28.6 Å². The largest absolute Gasteiger partial charge is 0.455 e. The van der Waals surface area contributed by atoms with Gasteiger partial charge in [-0.3, -0.25) is 9.78 Å². The molecule has 0 aliphatic heterocycles. The molecule has 5 rings (SSSR count). The number of fused-ring (bicyclic) bond motifs is 2. The fraction of sp³-hybridized carbons (Fsp3) is 0.208. The van der Waals surface area contributed by atoms with Crippen molar-refractivity contribution in [1.29, 1.82) is 0 Å². The number of hydrogen-bond acceptors (Lipinski definition) is 5. The Labute approximate surface area is 192 Å². The highest BCUT2D eigenvalue weighted by Crippen LogP contribution is 2.37. The number of aromatic nitrogens is 3. The highest BCUT2D eigenvalue weighted by molar-refractivity contribution is 7.83. The van der Waals surface area contributed by atoms with Crippen molar-refractivity contribution < 1.29 is 13.7 Å². The van der Waals surface area contributed by atoms with Crippen LogP contribution in [-0.2, 0) is 22.2 Å². The molecule has 3 unspecified atom stereocenters.